The van der Waals surface area contributed by atoms with Gasteiger partial charge in [-0.3, -0.25) is 77.3 Å². The first-order chi connectivity index (χ1) is 52.1. The lowest BCUT2D eigenvalue weighted by Crippen LogP contribution is -2.61. The Labute approximate surface area is 639 Å². The van der Waals surface area contributed by atoms with Crippen LogP contribution in [-0.2, 0) is 91.2 Å². The van der Waals surface area contributed by atoms with E-state index in [9.17, 15) is 77.3 Å². The first kappa shape index (κ1) is 87.6. The molecule has 14 atom stereocenters. The number of carbonyl (C=O) groups is 15. The maximum Gasteiger partial charge on any atom is 0.305 e. The number of H-pyrrole nitrogens is 3. The number of hydrogen-bond acceptors (Lipinski definition) is 21. The second-order valence-electron chi connectivity index (χ2n) is 26.8. The lowest BCUT2D eigenvalue weighted by molar-refractivity contribution is -0.141. The quantitative estimate of drug-likeness (QED) is 0.0119. The minimum absolute atomic E-state index is 0.0121. The summed E-state index contributed by atoms with van der Waals surface area (Å²) in [5, 5.41) is 62.3. The molecule has 2 aromatic carbocycles. The first-order valence-electron chi connectivity index (χ1n) is 35.4. The summed E-state index contributed by atoms with van der Waals surface area (Å²) in [6.07, 6.45) is 1.03. The molecule has 598 valence electrons. The number of nitrogens with one attached hydrogen (secondary N) is 17. The standard InChI is InChI=1S/C69H98N22O17S2/c1-7-33(4)54(71)67(107)89-50-30-110-109-29-49(66(106)91-56(35(6)92)57(72)97)88-60(100)43(17-12-20-76-69(73)74)82-63(103)47(23-38-27-75-31-80-38)84-58(98)34(5)81-52(94)28-79-59(99)45(21-36-25-77-41-15-10-8-13-39(36)41)85-64(104)48(24-53(95)96)86-61(101)44(18-19-51(70)93)83-62(102)46(87-68(108)55(32(2)3)90-65(50)105)22-37-26-78-42-16-11-9-14-40(37)42/h8-11,13-16,25-27,31-35,43-50,54-56,77-78,92H,7,12,17-24,28-30,71H2,1-6H3,(H2,70,93)(H2,72,97)(H,75,80)(H,79,99)(H,81,94)(H,82,103)(H,83,102)(H,84,98)(H,85,104)(H,86,101)(H,87,108)(H,88,100)(H,89,107)(H,90,105)(H,91,106)(H,95,96)(H4,73,74,76)/t33-,34-,35+,43+,44-,45-,46+,47+,48+,49-,50-,54-,55-,56-/m0/s1. The number of primary amides is 2. The number of aliphatic hydroxyl groups is 1. The molecule has 3 aromatic heterocycles. The number of nitrogens with zero attached hydrogens (tertiary/aromatic N) is 1. The van der Waals surface area contributed by atoms with E-state index in [-0.39, 0.29) is 50.1 Å². The number of para-hydroxylation sites is 2. The van der Waals surface area contributed by atoms with E-state index in [1.165, 1.54) is 25.6 Å². The number of carbonyl (C=O) groups excluding carboxylic acids is 14. The number of carboxylic acids is 1. The molecule has 0 aliphatic carbocycles. The average Bonchev–Trinajstić information content (AvgIpc) is 1.64. The highest BCUT2D eigenvalue weighted by Gasteiger charge is 2.39. The molecule has 41 heteroatoms. The summed E-state index contributed by atoms with van der Waals surface area (Å²) in [4.78, 5) is 225. The van der Waals surface area contributed by atoms with Gasteiger partial charge in [-0.25, -0.2) is 4.98 Å². The fraction of sp³-hybridized carbons (Fsp3) is 0.493. The van der Waals surface area contributed by atoms with Crippen LogP contribution in [0.2, 0.25) is 0 Å². The van der Waals surface area contributed by atoms with Crippen molar-refractivity contribution in [1.82, 2.24) is 89.1 Å². The number of guanidine groups is 1. The van der Waals surface area contributed by atoms with Gasteiger partial charge in [0, 0.05) is 89.8 Å². The van der Waals surface area contributed by atoms with Gasteiger partial charge in [-0.2, -0.15) is 0 Å². The predicted molar refractivity (Wildman–Crippen MR) is 404 cm³/mol. The smallest absolute Gasteiger partial charge is 0.305 e. The van der Waals surface area contributed by atoms with Gasteiger partial charge in [-0.1, -0.05) is 92.1 Å². The van der Waals surface area contributed by atoms with Crippen molar-refractivity contribution in [2.24, 2.45) is 34.8 Å². The summed E-state index contributed by atoms with van der Waals surface area (Å²) in [5.41, 5.74) is 25.4. The van der Waals surface area contributed by atoms with Crippen molar-refractivity contribution in [2.75, 3.05) is 24.6 Å². The number of imidazole rings is 1. The summed E-state index contributed by atoms with van der Waals surface area (Å²) < 4.78 is 0. The molecule has 14 amide bonds. The Morgan fingerprint density at radius 1 is 0.636 bits per heavy atom. The molecule has 110 heavy (non-hydrogen) atoms. The molecule has 5 aromatic rings. The number of aliphatic hydroxyl groups excluding tert-OH is 1. The Kier molecular flexibility index (Phi) is 33.8. The summed E-state index contributed by atoms with van der Waals surface area (Å²) >= 11 is 0. The van der Waals surface area contributed by atoms with Crippen LogP contribution >= 0.6 is 21.6 Å². The predicted octanol–water partition coefficient (Wildman–Crippen LogP) is -4.84. The second kappa shape index (κ2) is 42.4. The van der Waals surface area contributed by atoms with Crippen molar-refractivity contribution in [3.8, 4) is 0 Å². The van der Waals surface area contributed by atoms with Crippen LogP contribution in [0.1, 0.15) is 96.9 Å². The van der Waals surface area contributed by atoms with Crippen LogP contribution in [0, 0.1) is 17.2 Å². The van der Waals surface area contributed by atoms with Gasteiger partial charge in [0.25, 0.3) is 0 Å². The highest BCUT2D eigenvalue weighted by atomic mass is 33.1. The van der Waals surface area contributed by atoms with E-state index in [2.05, 4.69) is 89.1 Å². The molecule has 4 heterocycles. The van der Waals surface area contributed by atoms with E-state index >= 15 is 4.79 Å². The topological polar surface area (TPSA) is 641 Å². The average molecular weight is 1570 g/mol. The Morgan fingerprint density at radius 2 is 1.16 bits per heavy atom. The van der Waals surface area contributed by atoms with Crippen LogP contribution < -0.4 is 92.1 Å². The number of hydrogen-bond donors (Lipinski definition) is 23. The van der Waals surface area contributed by atoms with Crippen LogP contribution in [0.5, 0.6) is 0 Å². The zero-order valence-corrected chi connectivity index (χ0v) is 63.0. The third kappa shape index (κ3) is 26.8. The number of rotatable bonds is 24. The lowest BCUT2D eigenvalue weighted by atomic mass is 9.99. The van der Waals surface area contributed by atoms with E-state index in [4.69, 9.17) is 28.3 Å². The zero-order chi connectivity index (χ0) is 81.1. The number of carboxylic acid groups (broad SMARTS) is 1. The van der Waals surface area contributed by atoms with Gasteiger partial charge in [0.1, 0.15) is 66.5 Å². The Balaban J connectivity index is 1.45. The van der Waals surface area contributed by atoms with Gasteiger partial charge >= 0.3 is 5.97 Å². The van der Waals surface area contributed by atoms with E-state index in [0.29, 0.717) is 39.4 Å². The molecule has 0 saturated carbocycles. The number of fused-ring (bicyclic) bond motifs is 2. The first-order valence-corrected chi connectivity index (χ1v) is 37.9. The molecule has 1 saturated heterocycles. The Morgan fingerprint density at radius 3 is 1.72 bits per heavy atom. The number of aliphatic carboxylic acids is 1. The van der Waals surface area contributed by atoms with E-state index in [0.717, 1.165) is 28.5 Å². The van der Waals surface area contributed by atoms with Gasteiger partial charge in [0.15, 0.2) is 5.96 Å². The van der Waals surface area contributed by atoms with Crippen LogP contribution in [0.25, 0.3) is 21.8 Å². The van der Waals surface area contributed by atoms with Gasteiger partial charge in [-0.15, -0.1) is 0 Å². The van der Waals surface area contributed by atoms with Crippen molar-refractivity contribution in [3.63, 3.8) is 0 Å². The van der Waals surface area contributed by atoms with Gasteiger partial charge in [0.05, 0.1) is 31.4 Å². The van der Waals surface area contributed by atoms with Crippen molar-refractivity contribution in [1.29, 1.82) is 5.41 Å². The molecule has 0 radical (unpaired) electrons. The summed E-state index contributed by atoms with van der Waals surface area (Å²) in [5.74, 6) is -18.8. The van der Waals surface area contributed by atoms with Crippen LogP contribution in [-0.4, -0.2) is 228 Å². The maximum atomic E-state index is 15.0. The minimum Gasteiger partial charge on any atom is -0.481 e. The molecule has 0 spiro atoms. The number of amides is 14. The van der Waals surface area contributed by atoms with Crippen molar-refractivity contribution in [3.05, 3.63) is 90.3 Å². The molecule has 1 aliphatic rings. The van der Waals surface area contributed by atoms with E-state index in [1.807, 2.05) is 0 Å². The molecule has 0 bridgehead atoms. The lowest BCUT2D eigenvalue weighted by Gasteiger charge is -2.29. The van der Waals surface area contributed by atoms with Crippen LogP contribution in [0.15, 0.2) is 73.4 Å². The van der Waals surface area contributed by atoms with Gasteiger partial charge in [-0.05, 0) is 68.2 Å². The molecular weight excluding hydrogens is 1470 g/mol. The number of aromatic amines is 3. The fourth-order valence-corrected chi connectivity index (χ4v) is 13.8. The molecule has 6 rings (SSSR count). The van der Waals surface area contributed by atoms with Crippen molar-refractivity contribution < 1.29 is 82.1 Å². The fourth-order valence-electron chi connectivity index (χ4n) is 11.4. The minimum atomic E-state index is -2.05. The van der Waals surface area contributed by atoms with Crippen molar-refractivity contribution in [2.45, 2.75) is 178 Å². The largest absolute Gasteiger partial charge is 0.481 e. The zero-order valence-electron chi connectivity index (χ0n) is 61.4. The summed E-state index contributed by atoms with van der Waals surface area (Å²) in [7, 11) is 1.70. The Hall–Kier alpha value is -11.3. The monoisotopic (exact) mass is 1570 g/mol. The molecule has 27 N–H and O–H groups in total. The van der Waals surface area contributed by atoms with Gasteiger partial charge < -0.3 is 117 Å². The second-order valence-corrected chi connectivity index (χ2v) is 29.4. The highest BCUT2D eigenvalue weighted by molar-refractivity contribution is 8.76. The van der Waals surface area contributed by atoms with E-state index in [1.54, 1.807) is 82.4 Å². The van der Waals surface area contributed by atoms with Crippen molar-refractivity contribution >= 4 is 138 Å². The summed E-state index contributed by atoms with van der Waals surface area (Å²) in [6.45, 7) is 8.06. The normalized spacial score (nSPS) is 23.0. The van der Waals surface area contributed by atoms with Gasteiger partial charge in [0.2, 0.25) is 82.7 Å². The number of aromatic nitrogens is 4. The third-order valence-electron chi connectivity index (χ3n) is 17.9. The van der Waals surface area contributed by atoms with Crippen LogP contribution in [0.3, 0.4) is 0 Å². The number of benzene rings is 2. The molecule has 0 unspecified atom stereocenters. The van der Waals surface area contributed by atoms with E-state index < -0.39 is 217 Å². The molecular formula is C69H98N22O17S2. The molecule has 39 nitrogen and oxygen atoms in total. The third-order valence-corrected chi connectivity index (χ3v) is 20.3. The molecule has 1 fully saturated rings. The number of nitrogens with two attached hydrogens (primary N) is 4. The van der Waals surface area contributed by atoms with Crippen LogP contribution in [0.4, 0.5) is 0 Å². The summed E-state index contributed by atoms with van der Waals surface area (Å²) in [6, 6.07) is -5.83. The molecule has 1 aliphatic heterocycles. The Bertz CT molecular complexity index is 4120. The SMILES string of the molecule is CC[C@H](C)[C@H](N)C(=O)N[C@H]1CSSC[C@@H](C(=O)N[C@H](C(N)=O)[C@@H](C)O)NC(=O)[C@@H](CCCNC(=N)N)NC(=O)[C@@H](Cc2cnc[nH]2)NC(=O)[C@H](C)NC(=O)CNC(=O)[C@H](Cc2c[nH]c3ccccc23)NC(=O)[C@@H](CC(=O)O)NC(=O)[C@H](CCC(N)=O)NC(=O)[C@@H](Cc2c[nH]c3ccccc23)NC(=O)[C@H](C(C)C)NC1=O. The maximum absolute atomic E-state index is 15.0. The highest BCUT2D eigenvalue weighted by Crippen LogP contribution is 2.25.